The zero-order valence-corrected chi connectivity index (χ0v) is 61.2. The normalized spacial score (nSPS) is 12.9. The highest BCUT2D eigenvalue weighted by Gasteiger charge is 2.44. The summed E-state index contributed by atoms with van der Waals surface area (Å²) in [6.45, 7) is 28.0. The topological polar surface area (TPSA) is 88.8 Å². The highest BCUT2D eigenvalue weighted by Crippen LogP contribution is 2.50. The van der Waals surface area contributed by atoms with E-state index < -0.39 is 0 Å². The molecule has 0 aliphatic carbocycles. The quantitative estimate of drug-likeness (QED) is 0.125. The van der Waals surface area contributed by atoms with Crippen molar-refractivity contribution >= 4 is 79.0 Å². The van der Waals surface area contributed by atoms with Crippen LogP contribution >= 0.6 is 0 Å². The number of fused-ring (bicyclic) bond motifs is 7. The fourth-order valence-corrected chi connectivity index (χ4v) is 15.2. The molecular weight excluding hydrogens is 1270 g/mol. The second-order valence-corrected chi connectivity index (χ2v) is 32.1. The SMILES string of the molecule is CC(C)(C)c1cc(N2c3ccccc3B3c4ccccc4N(c4cc(C(C)(C)C)cc(C(C)(C)C)c4)c4cc(-c5ccc6c(c5)c5ccccc5n6-c5cc(-c6nc(-c7ccccc7)nc(-c7ccccc7)n6)ccc5-c5nc(-c6ccccc6)nc(-c6ccccc6)n5)cc2c43)cc(C(C)(C)C)c1. The molecule has 0 unspecified atom stereocenters. The average Bonchev–Trinajstić information content (AvgIpc) is 0.707. The Kier molecular flexibility index (Phi) is 15.7. The maximum absolute atomic E-state index is 5.42. The van der Waals surface area contributed by atoms with Crippen LogP contribution in [0.5, 0.6) is 0 Å². The molecule has 0 saturated carbocycles. The largest absolute Gasteiger partial charge is 0.311 e. The molecule has 0 amide bonds. The van der Waals surface area contributed by atoms with Gasteiger partial charge in [-0.05, 0) is 150 Å². The van der Waals surface area contributed by atoms with Gasteiger partial charge < -0.3 is 14.4 Å². The molecule has 0 saturated heterocycles. The number of aromatic nitrogens is 7. The lowest BCUT2D eigenvalue weighted by molar-refractivity contribution is 0.568. The Bertz CT molecular complexity index is 5530. The summed E-state index contributed by atoms with van der Waals surface area (Å²) < 4.78 is 2.39. The summed E-state index contributed by atoms with van der Waals surface area (Å²) in [6.07, 6.45) is 0. The number of para-hydroxylation sites is 3. The average molecular weight is 1350 g/mol. The Morgan fingerprint density at radius 1 is 0.250 bits per heavy atom. The van der Waals surface area contributed by atoms with Crippen LogP contribution in [0.4, 0.5) is 34.1 Å². The van der Waals surface area contributed by atoms with Gasteiger partial charge in [-0.2, -0.15) is 0 Å². The zero-order chi connectivity index (χ0) is 71.6. The molecule has 0 atom stereocenters. The summed E-state index contributed by atoms with van der Waals surface area (Å²) in [7, 11) is 0. The van der Waals surface area contributed by atoms with Gasteiger partial charge in [-0.3, -0.25) is 0 Å². The molecule has 17 rings (SSSR count). The number of rotatable bonds is 10. The fourth-order valence-electron chi connectivity index (χ4n) is 15.2. The summed E-state index contributed by atoms with van der Waals surface area (Å²) in [5, 5.41) is 2.18. The standard InChI is InChI=1S/C94H82BN9/c1-91(2,3)66-53-67(92(4,5)6)56-70(55-66)102-79-43-29-26-40-75(79)95-76-41-27-30-44-80(76)103(71-57-68(93(7,8)9)54-69(58-71)94(10,11)12)83-52-65(51-82(102)84(83)95)63-46-48-78-74(49-63)72-39-25-28-42-77(72)104(78)81-50-64(89-98-85(59-31-17-13-18-32-59)96-86(99-89)60-33-19-14-20-34-60)45-47-73(81)90-100-87(61-35-21-15-22-36-61)97-88(101-90)62-37-23-16-24-38-62/h13-58H,1-12H3. The van der Waals surface area contributed by atoms with E-state index in [1.165, 1.54) is 50.0 Å². The van der Waals surface area contributed by atoms with E-state index in [9.17, 15) is 0 Å². The highest BCUT2D eigenvalue weighted by molar-refractivity contribution is 7.00. The van der Waals surface area contributed by atoms with Crippen LogP contribution in [-0.2, 0) is 21.7 Å². The smallest absolute Gasteiger partial charge is 0.252 e. The maximum Gasteiger partial charge on any atom is 0.252 e. The van der Waals surface area contributed by atoms with Crippen molar-refractivity contribution in [3.8, 4) is 85.1 Å². The molecule has 0 spiro atoms. The lowest BCUT2D eigenvalue weighted by atomic mass is 9.33. The summed E-state index contributed by atoms with van der Waals surface area (Å²) in [5.74, 6) is 3.36. The molecule has 12 aromatic carbocycles. The molecule has 2 aliphatic heterocycles. The Labute approximate surface area is 610 Å². The molecule has 3 aromatic heterocycles. The maximum atomic E-state index is 5.42. The van der Waals surface area contributed by atoms with E-state index in [1.807, 2.05) is 97.1 Å². The summed E-state index contributed by atoms with van der Waals surface area (Å²) in [4.78, 5) is 37.0. The number of benzene rings is 12. The third kappa shape index (κ3) is 11.7. The van der Waals surface area contributed by atoms with Crippen molar-refractivity contribution in [2.24, 2.45) is 0 Å². The molecule has 104 heavy (non-hydrogen) atoms. The minimum Gasteiger partial charge on any atom is -0.311 e. The van der Waals surface area contributed by atoms with Gasteiger partial charge in [0, 0.05) is 78.3 Å². The van der Waals surface area contributed by atoms with Gasteiger partial charge in [-0.1, -0.05) is 283 Å². The van der Waals surface area contributed by atoms with Gasteiger partial charge in [0.05, 0.1) is 16.7 Å². The molecule has 0 radical (unpaired) electrons. The molecule has 0 N–H and O–H groups in total. The van der Waals surface area contributed by atoms with Crippen LogP contribution in [0.3, 0.4) is 0 Å². The first kappa shape index (κ1) is 65.4. The van der Waals surface area contributed by atoms with Crippen molar-refractivity contribution in [3.05, 3.63) is 301 Å². The second kappa shape index (κ2) is 25.0. The van der Waals surface area contributed by atoms with Gasteiger partial charge in [-0.25, -0.2) is 29.9 Å². The van der Waals surface area contributed by atoms with Crippen LogP contribution in [0, 0.1) is 0 Å². The van der Waals surface area contributed by atoms with Crippen molar-refractivity contribution in [1.29, 1.82) is 0 Å². The van der Waals surface area contributed by atoms with E-state index in [0.29, 0.717) is 34.9 Å². The molecule has 10 heteroatoms. The van der Waals surface area contributed by atoms with Crippen molar-refractivity contribution in [1.82, 2.24) is 34.5 Å². The van der Waals surface area contributed by atoms with Crippen molar-refractivity contribution in [3.63, 3.8) is 0 Å². The number of hydrogen-bond acceptors (Lipinski definition) is 8. The van der Waals surface area contributed by atoms with Crippen LogP contribution in [0.2, 0.25) is 0 Å². The lowest BCUT2D eigenvalue weighted by Crippen LogP contribution is -2.61. The van der Waals surface area contributed by atoms with E-state index in [0.717, 1.165) is 94.8 Å². The molecule has 0 fully saturated rings. The van der Waals surface area contributed by atoms with E-state index >= 15 is 0 Å². The highest BCUT2D eigenvalue weighted by atomic mass is 15.2. The summed E-state index contributed by atoms with van der Waals surface area (Å²) in [6, 6.07) is 101. The monoisotopic (exact) mass is 1350 g/mol. The van der Waals surface area contributed by atoms with Gasteiger partial charge in [0.2, 0.25) is 0 Å². The Balaban J connectivity index is 0.940. The minimum atomic E-state index is -0.128. The van der Waals surface area contributed by atoms with E-state index in [1.54, 1.807) is 0 Å². The van der Waals surface area contributed by atoms with Gasteiger partial charge in [-0.15, -0.1) is 0 Å². The van der Waals surface area contributed by atoms with Gasteiger partial charge in [0.25, 0.3) is 6.71 Å². The first-order valence-electron chi connectivity index (χ1n) is 36.3. The Morgan fingerprint density at radius 3 is 1.02 bits per heavy atom. The zero-order valence-electron chi connectivity index (χ0n) is 61.2. The number of nitrogens with zero attached hydrogens (tertiary/aromatic N) is 9. The van der Waals surface area contributed by atoms with Crippen LogP contribution < -0.4 is 26.2 Å². The number of hydrogen-bond donors (Lipinski definition) is 0. The van der Waals surface area contributed by atoms with Crippen molar-refractivity contribution in [2.75, 3.05) is 9.80 Å². The van der Waals surface area contributed by atoms with Gasteiger partial charge >= 0.3 is 0 Å². The van der Waals surface area contributed by atoms with Crippen LogP contribution in [-0.4, -0.2) is 41.2 Å². The molecule has 9 nitrogen and oxygen atoms in total. The minimum absolute atomic E-state index is 0.0653. The second-order valence-electron chi connectivity index (χ2n) is 32.1. The molecule has 506 valence electrons. The molecule has 0 bridgehead atoms. The summed E-state index contributed by atoms with van der Waals surface area (Å²) >= 11 is 0. The third-order valence-corrected chi connectivity index (χ3v) is 20.8. The van der Waals surface area contributed by atoms with Gasteiger partial charge in [0.1, 0.15) is 0 Å². The first-order chi connectivity index (χ1) is 50.1. The number of anilines is 6. The van der Waals surface area contributed by atoms with Crippen LogP contribution in [0.1, 0.15) is 105 Å². The van der Waals surface area contributed by atoms with Crippen molar-refractivity contribution < 1.29 is 0 Å². The van der Waals surface area contributed by atoms with E-state index in [-0.39, 0.29) is 28.4 Å². The predicted octanol–water partition coefficient (Wildman–Crippen LogP) is 22.1. The summed E-state index contributed by atoms with van der Waals surface area (Å²) in [5.41, 5.74) is 25.7. The van der Waals surface area contributed by atoms with E-state index in [4.69, 9.17) is 29.9 Å². The van der Waals surface area contributed by atoms with Crippen LogP contribution in [0.25, 0.3) is 107 Å². The fraction of sp³-hybridized carbons (Fsp3) is 0.170. The molecule has 15 aromatic rings. The van der Waals surface area contributed by atoms with Crippen LogP contribution in [0.15, 0.2) is 279 Å². The molecule has 5 heterocycles. The van der Waals surface area contributed by atoms with Gasteiger partial charge in [0.15, 0.2) is 34.9 Å². The lowest BCUT2D eigenvalue weighted by Gasteiger charge is -2.45. The van der Waals surface area contributed by atoms with E-state index in [2.05, 4.69) is 279 Å². The Hall–Kier alpha value is -11.9. The third-order valence-electron chi connectivity index (χ3n) is 20.8. The molecule has 2 aliphatic rings. The molecular formula is C94H82BN9. The van der Waals surface area contributed by atoms with Crippen molar-refractivity contribution in [2.45, 2.75) is 105 Å². The predicted molar refractivity (Wildman–Crippen MR) is 434 cm³/mol. The Morgan fingerprint density at radius 2 is 0.596 bits per heavy atom. The first-order valence-corrected chi connectivity index (χ1v) is 36.3.